The monoisotopic (exact) mass is 501 g/mol. The van der Waals surface area contributed by atoms with E-state index in [1.54, 1.807) is 0 Å². The van der Waals surface area contributed by atoms with Crippen molar-refractivity contribution in [1.82, 2.24) is 4.90 Å². The number of nitrogens with zero attached hydrogens (tertiary/aromatic N) is 1. The molecule has 6 heteroatoms. The predicted molar refractivity (Wildman–Crippen MR) is 94.2 cm³/mol. The Labute approximate surface area is 146 Å². The highest BCUT2D eigenvalue weighted by Gasteiger charge is 2.15. The van der Waals surface area contributed by atoms with Crippen LogP contribution >= 0.6 is 45.2 Å². The standard InChI is InChI=1S/C14H17I2NO3/c1-10-12(8-11(15)9-13(10)16)14(18)20-7-4-17-2-5-19-6-3-17/h8-9H,2-7H2,1H3. The fourth-order valence-corrected chi connectivity index (χ4v) is 3.87. The Morgan fingerprint density at radius 1 is 1.35 bits per heavy atom. The first-order valence-electron chi connectivity index (χ1n) is 6.51. The Kier molecular flexibility index (Phi) is 6.50. The van der Waals surface area contributed by atoms with Crippen molar-refractivity contribution in [3.05, 3.63) is 30.4 Å². The highest BCUT2D eigenvalue weighted by atomic mass is 127. The van der Waals surface area contributed by atoms with E-state index in [4.69, 9.17) is 9.47 Å². The molecule has 1 saturated heterocycles. The van der Waals surface area contributed by atoms with E-state index in [2.05, 4.69) is 56.1 Å². The van der Waals surface area contributed by atoms with Crippen molar-refractivity contribution in [3.63, 3.8) is 0 Å². The van der Waals surface area contributed by atoms with Gasteiger partial charge in [0.15, 0.2) is 0 Å². The number of ether oxygens (including phenoxy) is 2. The average Bonchev–Trinajstić information content (AvgIpc) is 2.44. The first kappa shape index (κ1) is 16.4. The minimum absolute atomic E-state index is 0.229. The highest BCUT2D eigenvalue weighted by Crippen LogP contribution is 2.20. The first-order valence-corrected chi connectivity index (χ1v) is 8.66. The number of esters is 1. The van der Waals surface area contributed by atoms with Gasteiger partial charge in [-0.1, -0.05) is 0 Å². The van der Waals surface area contributed by atoms with Crippen molar-refractivity contribution in [2.45, 2.75) is 6.92 Å². The average molecular weight is 501 g/mol. The molecule has 1 aliphatic rings. The van der Waals surface area contributed by atoms with Crippen molar-refractivity contribution in [2.75, 3.05) is 39.5 Å². The number of rotatable bonds is 4. The number of hydrogen-bond acceptors (Lipinski definition) is 4. The van der Waals surface area contributed by atoms with Gasteiger partial charge in [0.05, 0.1) is 18.8 Å². The molecule has 0 bridgehead atoms. The molecule has 1 aromatic rings. The van der Waals surface area contributed by atoms with Gasteiger partial charge in [0.25, 0.3) is 0 Å². The third-order valence-electron chi connectivity index (χ3n) is 3.27. The topological polar surface area (TPSA) is 38.8 Å². The maximum absolute atomic E-state index is 12.1. The van der Waals surface area contributed by atoms with Gasteiger partial charge in [-0.3, -0.25) is 4.90 Å². The van der Waals surface area contributed by atoms with E-state index in [0.717, 1.165) is 45.6 Å². The Morgan fingerprint density at radius 2 is 2.05 bits per heavy atom. The molecule has 0 radical (unpaired) electrons. The molecule has 1 aromatic carbocycles. The third kappa shape index (κ3) is 4.54. The van der Waals surface area contributed by atoms with Gasteiger partial charge in [-0.25, -0.2) is 4.79 Å². The molecule has 0 spiro atoms. The van der Waals surface area contributed by atoms with Gasteiger partial charge in [0.2, 0.25) is 0 Å². The molecular weight excluding hydrogens is 484 g/mol. The summed E-state index contributed by atoms with van der Waals surface area (Å²) in [6.45, 7) is 6.52. The summed E-state index contributed by atoms with van der Waals surface area (Å²) in [5.41, 5.74) is 1.66. The van der Waals surface area contributed by atoms with Crippen LogP contribution in [-0.2, 0) is 9.47 Å². The molecular formula is C14H17I2NO3. The van der Waals surface area contributed by atoms with Crippen LogP contribution in [0, 0.1) is 14.1 Å². The van der Waals surface area contributed by atoms with E-state index < -0.39 is 0 Å². The Bertz CT molecular complexity index is 488. The summed E-state index contributed by atoms with van der Waals surface area (Å²) in [4.78, 5) is 14.4. The summed E-state index contributed by atoms with van der Waals surface area (Å²) in [6.07, 6.45) is 0. The number of carbonyl (C=O) groups is 1. The van der Waals surface area contributed by atoms with Gasteiger partial charge >= 0.3 is 5.97 Å². The summed E-state index contributed by atoms with van der Waals surface area (Å²) in [7, 11) is 0. The quantitative estimate of drug-likeness (QED) is 0.470. The summed E-state index contributed by atoms with van der Waals surface area (Å²) in [6, 6.07) is 3.94. The zero-order valence-electron chi connectivity index (χ0n) is 11.3. The molecule has 110 valence electrons. The molecule has 20 heavy (non-hydrogen) atoms. The lowest BCUT2D eigenvalue weighted by Gasteiger charge is -2.26. The van der Waals surface area contributed by atoms with Crippen molar-refractivity contribution >= 4 is 51.2 Å². The van der Waals surface area contributed by atoms with Crippen LogP contribution in [0.25, 0.3) is 0 Å². The van der Waals surface area contributed by atoms with Crippen LogP contribution in [-0.4, -0.2) is 50.3 Å². The minimum Gasteiger partial charge on any atom is -0.461 e. The first-order chi connectivity index (χ1) is 9.58. The number of benzene rings is 1. The fraction of sp³-hybridized carbons (Fsp3) is 0.500. The largest absolute Gasteiger partial charge is 0.461 e. The van der Waals surface area contributed by atoms with Crippen LogP contribution in [0.15, 0.2) is 12.1 Å². The summed E-state index contributed by atoms with van der Waals surface area (Å²) < 4.78 is 12.8. The van der Waals surface area contributed by atoms with Crippen LogP contribution < -0.4 is 0 Å². The molecule has 1 aliphatic heterocycles. The number of morpholine rings is 1. The minimum atomic E-state index is -0.229. The predicted octanol–water partition coefficient (Wildman–Crippen LogP) is 2.69. The van der Waals surface area contributed by atoms with Crippen molar-refractivity contribution in [1.29, 1.82) is 0 Å². The number of carbonyl (C=O) groups excluding carboxylic acids is 1. The molecule has 2 rings (SSSR count). The smallest absolute Gasteiger partial charge is 0.338 e. The SMILES string of the molecule is Cc1c(I)cc(I)cc1C(=O)OCCN1CCOCC1. The van der Waals surface area contributed by atoms with E-state index >= 15 is 0 Å². The van der Waals surface area contributed by atoms with Gasteiger partial charge < -0.3 is 9.47 Å². The lowest BCUT2D eigenvalue weighted by Crippen LogP contribution is -2.38. The molecule has 0 aliphatic carbocycles. The lowest BCUT2D eigenvalue weighted by atomic mass is 10.1. The van der Waals surface area contributed by atoms with Gasteiger partial charge in [0.1, 0.15) is 6.61 Å². The van der Waals surface area contributed by atoms with E-state index in [9.17, 15) is 4.79 Å². The normalized spacial score (nSPS) is 16.1. The van der Waals surface area contributed by atoms with Crippen molar-refractivity contribution in [2.24, 2.45) is 0 Å². The van der Waals surface area contributed by atoms with Gasteiger partial charge in [-0.05, 0) is 69.8 Å². The maximum atomic E-state index is 12.1. The van der Waals surface area contributed by atoms with E-state index in [1.807, 2.05) is 13.0 Å². The van der Waals surface area contributed by atoms with E-state index in [1.165, 1.54) is 0 Å². The molecule has 1 fully saturated rings. The van der Waals surface area contributed by atoms with Crippen LogP contribution in [0.5, 0.6) is 0 Å². The zero-order valence-corrected chi connectivity index (χ0v) is 15.6. The van der Waals surface area contributed by atoms with E-state index in [0.29, 0.717) is 12.2 Å². The second-order valence-corrected chi connectivity index (χ2v) is 7.06. The van der Waals surface area contributed by atoms with Gasteiger partial charge in [-0.2, -0.15) is 0 Å². The third-order valence-corrected chi connectivity index (χ3v) is 5.02. The lowest BCUT2D eigenvalue weighted by molar-refractivity contribution is 0.0195. The Hall–Kier alpha value is 0.0700. The summed E-state index contributed by atoms with van der Waals surface area (Å²) in [5.74, 6) is -0.229. The molecule has 0 atom stereocenters. The Balaban J connectivity index is 1.88. The highest BCUT2D eigenvalue weighted by molar-refractivity contribution is 14.1. The van der Waals surface area contributed by atoms with Gasteiger partial charge in [-0.15, -0.1) is 0 Å². The molecule has 0 amide bonds. The van der Waals surface area contributed by atoms with E-state index in [-0.39, 0.29) is 5.97 Å². The van der Waals surface area contributed by atoms with Crippen molar-refractivity contribution in [3.8, 4) is 0 Å². The second kappa shape index (κ2) is 7.90. The number of halogens is 2. The zero-order chi connectivity index (χ0) is 14.5. The summed E-state index contributed by atoms with van der Waals surface area (Å²) >= 11 is 4.47. The summed E-state index contributed by atoms with van der Waals surface area (Å²) in [5, 5.41) is 0. The van der Waals surface area contributed by atoms with Crippen LogP contribution in [0.3, 0.4) is 0 Å². The Morgan fingerprint density at radius 3 is 2.75 bits per heavy atom. The molecule has 0 aromatic heterocycles. The molecule has 1 heterocycles. The maximum Gasteiger partial charge on any atom is 0.338 e. The van der Waals surface area contributed by atoms with Crippen LogP contribution in [0.2, 0.25) is 0 Å². The molecule has 0 saturated carbocycles. The van der Waals surface area contributed by atoms with Crippen LogP contribution in [0.4, 0.5) is 0 Å². The molecule has 0 N–H and O–H groups in total. The van der Waals surface area contributed by atoms with Crippen LogP contribution in [0.1, 0.15) is 15.9 Å². The van der Waals surface area contributed by atoms with Crippen molar-refractivity contribution < 1.29 is 14.3 Å². The fourth-order valence-electron chi connectivity index (χ4n) is 2.03. The number of hydrogen-bond donors (Lipinski definition) is 0. The molecule has 4 nitrogen and oxygen atoms in total. The van der Waals surface area contributed by atoms with Gasteiger partial charge in [0, 0.05) is 26.8 Å². The molecule has 0 unspecified atom stereocenters. The second-order valence-electron chi connectivity index (χ2n) is 4.65.